The van der Waals surface area contributed by atoms with E-state index in [2.05, 4.69) is 5.32 Å². The molecule has 0 saturated carbocycles. The zero-order valence-electron chi connectivity index (χ0n) is 9.76. The number of rotatable bonds is 3. The summed E-state index contributed by atoms with van der Waals surface area (Å²) in [6.07, 6.45) is 0. The molecule has 1 unspecified atom stereocenters. The molecule has 96 valence electrons. The fourth-order valence-electron chi connectivity index (χ4n) is 1.49. The number of hydrogen-bond donors (Lipinski definition) is 2. The molecule has 4 nitrogen and oxygen atoms in total. The molecule has 1 atom stereocenters. The van der Waals surface area contributed by atoms with E-state index in [1.807, 2.05) is 11.4 Å². The Hall–Kier alpha value is -2.23. The van der Waals surface area contributed by atoms with Gasteiger partial charge < -0.3 is 11.1 Å². The lowest BCUT2D eigenvalue weighted by atomic mass is 10.2. The second kappa shape index (κ2) is 5.61. The first-order chi connectivity index (χ1) is 9.11. The molecule has 19 heavy (non-hydrogen) atoms. The first-order valence-electron chi connectivity index (χ1n) is 5.41. The predicted molar refractivity (Wildman–Crippen MR) is 71.0 cm³/mol. The van der Waals surface area contributed by atoms with Gasteiger partial charge in [0, 0.05) is 4.88 Å². The average molecular weight is 275 g/mol. The van der Waals surface area contributed by atoms with E-state index in [0.717, 1.165) is 6.07 Å². The molecule has 0 spiro atoms. The third-order valence-electron chi connectivity index (χ3n) is 2.49. The summed E-state index contributed by atoms with van der Waals surface area (Å²) < 4.78 is 13.6. The number of thiophene rings is 1. The molecule has 0 saturated heterocycles. The smallest absolute Gasteiger partial charge is 0.246 e. The third-order valence-corrected chi connectivity index (χ3v) is 3.44. The van der Waals surface area contributed by atoms with E-state index in [-0.39, 0.29) is 11.3 Å². The molecule has 6 heteroatoms. The highest BCUT2D eigenvalue weighted by Crippen LogP contribution is 2.20. The van der Waals surface area contributed by atoms with Crippen molar-refractivity contribution < 1.29 is 9.18 Å². The van der Waals surface area contributed by atoms with Gasteiger partial charge in [0.05, 0.1) is 17.3 Å². The topological polar surface area (TPSA) is 78.9 Å². The van der Waals surface area contributed by atoms with E-state index in [9.17, 15) is 9.18 Å². The van der Waals surface area contributed by atoms with Gasteiger partial charge in [-0.15, -0.1) is 11.3 Å². The number of nitriles is 1. The van der Waals surface area contributed by atoms with Gasteiger partial charge in [0.25, 0.3) is 0 Å². The fourth-order valence-corrected chi connectivity index (χ4v) is 2.22. The van der Waals surface area contributed by atoms with Crippen molar-refractivity contribution in [3.8, 4) is 6.07 Å². The number of anilines is 1. The average Bonchev–Trinajstić information content (AvgIpc) is 2.94. The summed E-state index contributed by atoms with van der Waals surface area (Å²) >= 11 is 1.36. The molecule has 2 rings (SSSR count). The summed E-state index contributed by atoms with van der Waals surface area (Å²) in [4.78, 5) is 12.6. The molecule has 0 aliphatic carbocycles. The van der Waals surface area contributed by atoms with Crippen molar-refractivity contribution in [2.24, 2.45) is 5.73 Å². The Bertz CT molecular complexity index is 634. The van der Waals surface area contributed by atoms with Crippen LogP contribution < -0.4 is 11.1 Å². The van der Waals surface area contributed by atoms with Crippen LogP contribution in [0.2, 0.25) is 0 Å². The highest BCUT2D eigenvalue weighted by atomic mass is 32.1. The molecule has 2 aromatic rings. The Morgan fingerprint density at radius 1 is 1.47 bits per heavy atom. The van der Waals surface area contributed by atoms with Crippen molar-refractivity contribution >= 4 is 22.9 Å². The van der Waals surface area contributed by atoms with Gasteiger partial charge in [0.1, 0.15) is 11.9 Å². The Labute approximate surface area is 113 Å². The Morgan fingerprint density at radius 3 is 2.84 bits per heavy atom. The third kappa shape index (κ3) is 2.96. The van der Waals surface area contributed by atoms with E-state index < -0.39 is 17.8 Å². The number of carbonyl (C=O) groups excluding carboxylic acids is 1. The lowest BCUT2D eigenvalue weighted by Gasteiger charge is -2.11. The maximum atomic E-state index is 13.6. The molecule has 0 aliphatic heterocycles. The molecule has 0 aliphatic rings. The Kier molecular flexibility index (Phi) is 3.90. The largest absolute Gasteiger partial charge is 0.322 e. The van der Waals surface area contributed by atoms with Crippen molar-refractivity contribution in [2.45, 2.75) is 6.04 Å². The van der Waals surface area contributed by atoms with Crippen molar-refractivity contribution in [3.63, 3.8) is 0 Å². The van der Waals surface area contributed by atoms with Crippen molar-refractivity contribution in [3.05, 3.63) is 52.0 Å². The summed E-state index contributed by atoms with van der Waals surface area (Å²) in [5.41, 5.74) is 5.96. The minimum absolute atomic E-state index is 0.0102. The number of nitrogens with zero attached hydrogens (tertiary/aromatic N) is 1. The molecule has 3 N–H and O–H groups in total. The van der Waals surface area contributed by atoms with Gasteiger partial charge in [0.2, 0.25) is 5.91 Å². The van der Waals surface area contributed by atoms with Crippen LogP contribution in [0.25, 0.3) is 0 Å². The van der Waals surface area contributed by atoms with Crippen LogP contribution in [-0.2, 0) is 4.79 Å². The van der Waals surface area contributed by atoms with Crippen molar-refractivity contribution in [1.29, 1.82) is 5.26 Å². The summed E-state index contributed by atoms with van der Waals surface area (Å²) in [7, 11) is 0. The SMILES string of the molecule is N#Cc1ccc(NC(=O)C(N)c2cccs2)c(F)c1. The lowest BCUT2D eigenvalue weighted by Crippen LogP contribution is -2.27. The zero-order chi connectivity index (χ0) is 13.8. The van der Waals surface area contributed by atoms with E-state index in [4.69, 9.17) is 11.0 Å². The zero-order valence-corrected chi connectivity index (χ0v) is 10.6. The summed E-state index contributed by atoms with van der Waals surface area (Å²) in [6, 6.07) is 8.34. The van der Waals surface area contributed by atoms with Crippen LogP contribution in [0.4, 0.5) is 10.1 Å². The number of benzene rings is 1. The number of nitrogens with two attached hydrogens (primary N) is 1. The van der Waals surface area contributed by atoms with Crippen LogP contribution in [0.3, 0.4) is 0 Å². The van der Waals surface area contributed by atoms with Crippen molar-refractivity contribution in [1.82, 2.24) is 0 Å². The monoisotopic (exact) mass is 275 g/mol. The Morgan fingerprint density at radius 2 is 2.26 bits per heavy atom. The van der Waals surface area contributed by atoms with Gasteiger partial charge >= 0.3 is 0 Å². The predicted octanol–water partition coefficient (Wildman–Crippen LogP) is 2.40. The van der Waals surface area contributed by atoms with Crippen LogP contribution >= 0.6 is 11.3 Å². The number of amides is 1. The summed E-state index contributed by atoms with van der Waals surface area (Å²) in [6.45, 7) is 0. The fraction of sp³-hybridized carbons (Fsp3) is 0.0769. The second-order valence-electron chi connectivity index (χ2n) is 3.79. The van der Waals surface area contributed by atoms with Gasteiger partial charge in [0.15, 0.2) is 0 Å². The molecule has 0 fully saturated rings. The number of nitrogens with one attached hydrogen (secondary N) is 1. The quantitative estimate of drug-likeness (QED) is 0.902. The van der Waals surface area contributed by atoms with E-state index in [1.165, 1.54) is 23.5 Å². The van der Waals surface area contributed by atoms with Gasteiger partial charge in [-0.2, -0.15) is 5.26 Å². The van der Waals surface area contributed by atoms with E-state index in [1.54, 1.807) is 12.1 Å². The first kappa shape index (κ1) is 13.2. The van der Waals surface area contributed by atoms with E-state index >= 15 is 0 Å². The van der Waals surface area contributed by atoms with Crippen LogP contribution in [0.5, 0.6) is 0 Å². The number of halogens is 1. The van der Waals surface area contributed by atoms with Gasteiger partial charge in [-0.3, -0.25) is 4.79 Å². The number of hydrogen-bond acceptors (Lipinski definition) is 4. The molecule has 1 heterocycles. The highest BCUT2D eigenvalue weighted by Gasteiger charge is 2.18. The van der Waals surface area contributed by atoms with Gasteiger partial charge in [-0.1, -0.05) is 6.07 Å². The molecule has 1 amide bonds. The molecule has 0 bridgehead atoms. The van der Waals surface area contributed by atoms with Gasteiger partial charge in [-0.25, -0.2) is 4.39 Å². The minimum atomic E-state index is -0.838. The van der Waals surface area contributed by atoms with Crippen LogP contribution in [-0.4, -0.2) is 5.91 Å². The van der Waals surface area contributed by atoms with Crippen LogP contribution in [0, 0.1) is 17.1 Å². The molecule has 1 aromatic carbocycles. The highest BCUT2D eigenvalue weighted by molar-refractivity contribution is 7.10. The molecule has 1 aromatic heterocycles. The maximum absolute atomic E-state index is 13.6. The van der Waals surface area contributed by atoms with E-state index in [0.29, 0.717) is 4.88 Å². The Balaban J connectivity index is 2.13. The normalized spacial score (nSPS) is 11.6. The molecule has 0 radical (unpaired) electrons. The van der Waals surface area contributed by atoms with Crippen LogP contribution in [0.15, 0.2) is 35.7 Å². The first-order valence-corrected chi connectivity index (χ1v) is 6.29. The van der Waals surface area contributed by atoms with Crippen molar-refractivity contribution in [2.75, 3.05) is 5.32 Å². The second-order valence-corrected chi connectivity index (χ2v) is 4.77. The molecular weight excluding hydrogens is 265 g/mol. The minimum Gasteiger partial charge on any atom is -0.322 e. The molecular formula is C13H10FN3OS. The standard InChI is InChI=1S/C13H10FN3OS/c14-9-6-8(7-15)3-4-10(9)17-13(18)12(16)11-2-1-5-19-11/h1-6,12H,16H2,(H,17,18). The summed E-state index contributed by atoms with van der Waals surface area (Å²) in [5, 5.41) is 12.8. The number of carbonyl (C=O) groups is 1. The summed E-state index contributed by atoms with van der Waals surface area (Å²) in [5.74, 6) is -1.16. The van der Waals surface area contributed by atoms with Gasteiger partial charge in [-0.05, 0) is 29.6 Å². The maximum Gasteiger partial charge on any atom is 0.246 e. The lowest BCUT2D eigenvalue weighted by molar-refractivity contribution is -0.117. The van der Waals surface area contributed by atoms with Crippen LogP contribution in [0.1, 0.15) is 16.5 Å².